The molecular weight excluding hydrogens is 259 g/mol. The number of aryl methyl sites for hydroxylation is 1. The van der Waals surface area contributed by atoms with Gasteiger partial charge in [-0.2, -0.15) is 4.98 Å². The van der Waals surface area contributed by atoms with Crippen LogP contribution in [-0.4, -0.2) is 9.97 Å². The average molecular weight is 269 g/mol. The molecule has 5 heteroatoms. The zero-order chi connectivity index (χ0) is 12.4. The van der Waals surface area contributed by atoms with Crippen LogP contribution < -0.4 is 4.74 Å². The molecule has 2 aromatic rings. The Morgan fingerprint density at radius 3 is 2.47 bits per heavy atom. The summed E-state index contributed by atoms with van der Waals surface area (Å²) in [6.45, 7) is 3.55. The van der Waals surface area contributed by atoms with Crippen LogP contribution in [0.4, 0.5) is 0 Å². The molecule has 88 valence electrons. The lowest BCUT2D eigenvalue weighted by Crippen LogP contribution is -1.97. The quantitative estimate of drug-likeness (QED) is 0.766. The third kappa shape index (κ3) is 2.68. The highest BCUT2D eigenvalue weighted by molar-refractivity contribution is 6.32. The maximum Gasteiger partial charge on any atom is 0.227 e. The Bertz CT molecular complexity index is 558. The predicted molar refractivity (Wildman–Crippen MR) is 68.0 cm³/mol. The smallest absolute Gasteiger partial charge is 0.227 e. The minimum atomic E-state index is 0.388. The molecule has 0 bridgehead atoms. The third-order valence-corrected chi connectivity index (χ3v) is 2.88. The third-order valence-electron chi connectivity index (χ3n) is 2.20. The Morgan fingerprint density at radius 1 is 1.06 bits per heavy atom. The summed E-state index contributed by atoms with van der Waals surface area (Å²) in [4.78, 5) is 8.23. The van der Waals surface area contributed by atoms with Crippen molar-refractivity contribution in [2.45, 2.75) is 13.8 Å². The van der Waals surface area contributed by atoms with Crippen LogP contribution in [0.2, 0.25) is 10.2 Å². The van der Waals surface area contributed by atoms with E-state index >= 15 is 0 Å². The van der Waals surface area contributed by atoms with Gasteiger partial charge in [-0.25, -0.2) is 4.98 Å². The van der Waals surface area contributed by atoms with Crippen molar-refractivity contribution in [3.63, 3.8) is 0 Å². The SMILES string of the molecule is Cc1nc(Cl)c(C)c(Oc2ccccc2Cl)n1. The van der Waals surface area contributed by atoms with Crippen molar-refractivity contribution < 1.29 is 4.74 Å². The van der Waals surface area contributed by atoms with E-state index in [-0.39, 0.29) is 0 Å². The summed E-state index contributed by atoms with van der Waals surface area (Å²) in [5.41, 5.74) is 0.692. The lowest BCUT2D eigenvalue weighted by molar-refractivity contribution is 0.456. The number of halogens is 2. The van der Waals surface area contributed by atoms with Gasteiger partial charge in [0, 0.05) is 5.56 Å². The summed E-state index contributed by atoms with van der Waals surface area (Å²) in [6.07, 6.45) is 0. The van der Waals surface area contributed by atoms with Gasteiger partial charge >= 0.3 is 0 Å². The van der Waals surface area contributed by atoms with E-state index in [2.05, 4.69) is 9.97 Å². The molecule has 1 aromatic heterocycles. The van der Waals surface area contributed by atoms with Crippen molar-refractivity contribution in [3.8, 4) is 11.6 Å². The molecule has 0 amide bonds. The molecule has 1 heterocycles. The highest BCUT2D eigenvalue weighted by Gasteiger charge is 2.10. The first-order valence-electron chi connectivity index (χ1n) is 5.01. The van der Waals surface area contributed by atoms with Crippen LogP contribution in [0.25, 0.3) is 0 Å². The van der Waals surface area contributed by atoms with E-state index in [0.717, 1.165) is 0 Å². The van der Waals surface area contributed by atoms with Crippen molar-refractivity contribution in [3.05, 3.63) is 45.8 Å². The molecular formula is C12H10Cl2N2O. The maximum atomic E-state index is 6.00. The van der Waals surface area contributed by atoms with Gasteiger partial charge in [-0.05, 0) is 26.0 Å². The van der Waals surface area contributed by atoms with Crippen LogP contribution >= 0.6 is 23.2 Å². The Balaban J connectivity index is 2.40. The summed E-state index contributed by atoms with van der Waals surface area (Å²) < 4.78 is 5.63. The summed E-state index contributed by atoms with van der Waals surface area (Å²) in [5.74, 6) is 1.53. The molecule has 0 atom stereocenters. The molecule has 0 unspecified atom stereocenters. The molecule has 1 aromatic carbocycles. The fourth-order valence-electron chi connectivity index (χ4n) is 1.30. The van der Waals surface area contributed by atoms with Crippen LogP contribution in [0.1, 0.15) is 11.4 Å². The number of ether oxygens (including phenoxy) is 1. The van der Waals surface area contributed by atoms with E-state index < -0.39 is 0 Å². The van der Waals surface area contributed by atoms with E-state index in [4.69, 9.17) is 27.9 Å². The normalized spacial score (nSPS) is 10.4. The maximum absolute atomic E-state index is 6.00. The van der Waals surface area contributed by atoms with Crippen molar-refractivity contribution in [1.82, 2.24) is 9.97 Å². The van der Waals surface area contributed by atoms with E-state index in [1.807, 2.05) is 12.1 Å². The van der Waals surface area contributed by atoms with Gasteiger partial charge in [-0.15, -0.1) is 0 Å². The van der Waals surface area contributed by atoms with E-state index in [1.165, 1.54) is 0 Å². The largest absolute Gasteiger partial charge is 0.437 e. The average Bonchev–Trinajstić information content (AvgIpc) is 2.28. The zero-order valence-electron chi connectivity index (χ0n) is 9.37. The van der Waals surface area contributed by atoms with Gasteiger partial charge in [-0.1, -0.05) is 35.3 Å². The Hall–Kier alpha value is -1.32. The monoisotopic (exact) mass is 268 g/mol. The molecule has 0 aliphatic rings. The van der Waals surface area contributed by atoms with E-state index in [9.17, 15) is 0 Å². The number of benzene rings is 1. The van der Waals surface area contributed by atoms with Crippen LogP contribution in [-0.2, 0) is 0 Å². The van der Waals surface area contributed by atoms with Gasteiger partial charge in [0.1, 0.15) is 16.7 Å². The van der Waals surface area contributed by atoms with Crippen molar-refractivity contribution in [2.75, 3.05) is 0 Å². The van der Waals surface area contributed by atoms with E-state index in [1.54, 1.807) is 26.0 Å². The minimum absolute atomic E-state index is 0.388. The Morgan fingerprint density at radius 2 is 1.76 bits per heavy atom. The first kappa shape index (κ1) is 12.1. The molecule has 0 fully saturated rings. The number of hydrogen-bond acceptors (Lipinski definition) is 3. The summed E-state index contributed by atoms with van der Waals surface area (Å²) in [6, 6.07) is 7.20. The van der Waals surface area contributed by atoms with Crippen molar-refractivity contribution in [2.24, 2.45) is 0 Å². The van der Waals surface area contributed by atoms with E-state index in [0.29, 0.717) is 33.2 Å². The molecule has 0 aliphatic carbocycles. The van der Waals surface area contributed by atoms with Crippen LogP contribution in [0.15, 0.2) is 24.3 Å². The molecule has 2 rings (SSSR count). The van der Waals surface area contributed by atoms with Gasteiger partial charge in [-0.3, -0.25) is 0 Å². The summed E-state index contributed by atoms with van der Waals surface area (Å²) >= 11 is 12.0. The lowest BCUT2D eigenvalue weighted by atomic mass is 10.3. The Kier molecular flexibility index (Phi) is 3.50. The molecule has 0 saturated heterocycles. The van der Waals surface area contributed by atoms with Gasteiger partial charge in [0.05, 0.1) is 5.02 Å². The topological polar surface area (TPSA) is 35.0 Å². The number of nitrogens with zero attached hydrogens (tertiary/aromatic N) is 2. The molecule has 0 N–H and O–H groups in total. The molecule has 17 heavy (non-hydrogen) atoms. The summed E-state index contributed by atoms with van der Waals surface area (Å²) in [7, 11) is 0. The van der Waals surface area contributed by atoms with Crippen LogP contribution in [0.5, 0.6) is 11.6 Å². The highest BCUT2D eigenvalue weighted by Crippen LogP contribution is 2.31. The van der Waals surface area contributed by atoms with Gasteiger partial charge in [0.2, 0.25) is 5.88 Å². The van der Waals surface area contributed by atoms with Crippen LogP contribution in [0, 0.1) is 13.8 Å². The molecule has 0 saturated carbocycles. The van der Waals surface area contributed by atoms with Crippen molar-refractivity contribution >= 4 is 23.2 Å². The second kappa shape index (κ2) is 4.90. The fourth-order valence-corrected chi connectivity index (χ4v) is 1.68. The Labute approximate surface area is 109 Å². The van der Waals surface area contributed by atoms with Crippen molar-refractivity contribution in [1.29, 1.82) is 0 Å². The molecule has 0 aliphatic heterocycles. The number of para-hydroxylation sites is 1. The predicted octanol–water partition coefficient (Wildman–Crippen LogP) is 4.19. The number of rotatable bonds is 2. The van der Waals surface area contributed by atoms with Gasteiger partial charge in [0.25, 0.3) is 0 Å². The number of hydrogen-bond donors (Lipinski definition) is 0. The molecule has 3 nitrogen and oxygen atoms in total. The summed E-state index contributed by atoms with van der Waals surface area (Å²) in [5, 5.41) is 0.916. The first-order valence-corrected chi connectivity index (χ1v) is 5.76. The molecule has 0 spiro atoms. The second-order valence-corrected chi connectivity index (χ2v) is 4.29. The highest BCUT2D eigenvalue weighted by atomic mass is 35.5. The standard InChI is InChI=1S/C12H10Cl2N2O/c1-7-11(14)15-8(2)16-12(7)17-10-6-4-3-5-9(10)13/h3-6H,1-2H3. The molecule has 0 radical (unpaired) electrons. The fraction of sp³-hybridized carbons (Fsp3) is 0.167. The minimum Gasteiger partial charge on any atom is -0.437 e. The van der Waals surface area contributed by atoms with Gasteiger partial charge in [0.15, 0.2) is 0 Å². The lowest BCUT2D eigenvalue weighted by Gasteiger charge is -2.10. The van der Waals surface area contributed by atoms with Crippen LogP contribution in [0.3, 0.4) is 0 Å². The number of aromatic nitrogens is 2. The zero-order valence-corrected chi connectivity index (χ0v) is 10.9. The van der Waals surface area contributed by atoms with Gasteiger partial charge < -0.3 is 4.74 Å². The second-order valence-electron chi connectivity index (χ2n) is 3.52. The first-order chi connectivity index (χ1) is 8.08.